The van der Waals surface area contributed by atoms with Gasteiger partial charge in [-0.05, 0) is 64.2 Å². The molecule has 1 amide bonds. The van der Waals surface area contributed by atoms with Gasteiger partial charge >= 0.3 is 5.97 Å². The highest BCUT2D eigenvalue weighted by Gasteiger charge is 2.18. The summed E-state index contributed by atoms with van der Waals surface area (Å²) in [4.78, 5) is 24.6. The Balaban J connectivity index is 3.45. The van der Waals surface area contributed by atoms with Crippen molar-refractivity contribution >= 4 is 11.9 Å². The third-order valence-electron chi connectivity index (χ3n) is 17.4. The molecule has 2 unspecified atom stereocenters. The smallest absolute Gasteiger partial charge is 0.305 e. The molecule has 0 aromatic rings. The number of allylic oxidation sites excluding steroid dienone is 5. The number of ether oxygens (including phenoxy) is 1. The van der Waals surface area contributed by atoms with Gasteiger partial charge < -0.3 is 20.3 Å². The number of hydrogen-bond donors (Lipinski definition) is 3. The van der Waals surface area contributed by atoms with Gasteiger partial charge in [-0.15, -0.1) is 0 Å². The maximum atomic E-state index is 12.5. The van der Waals surface area contributed by atoms with Crippen molar-refractivity contribution in [2.45, 2.75) is 424 Å². The van der Waals surface area contributed by atoms with Gasteiger partial charge in [-0.2, -0.15) is 0 Å². The topological polar surface area (TPSA) is 95.9 Å². The first kappa shape index (κ1) is 80.1. The number of rotatable bonds is 70. The molecule has 0 aliphatic carbocycles. The van der Waals surface area contributed by atoms with E-state index < -0.39 is 12.1 Å². The Kier molecular flexibility index (Phi) is 69.9. The van der Waals surface area contributed by atoms with Crippen molar-refractivity contribution in [2.24, 2.45) is 0 Å². The van der Waals surface area contributed by atoms with Gasteiger partial charge in [0.2, 0.25) is 5.91 Å². The summed E-state index contributed by atoms with van der Waals surface area (Å²) in [5, 5.41) is 23.3. The molecule has 0 aromatic heterocycles. The number of unbranched alkanes of at least 4 members (excludes halogenated alkanes) is 55. The van der Waals surface area contributed by atoms with Crippen molar-refractivity contribution in [1.82, 2.24) is 5.32 Å². The first-order chi connectivity index (χ1) is 40.5. The van der Waals surface area contributed by atoms with Crippen LogP contribution in [0, 0.1) is 0 Å². The van der Waals surface area contributed by atoms with E-state index in [9.17, 15) is 19.8 Å². The van der Waals surface area contributed by atoms with E-state index in [2.05, 4.69) is 43.5 Å². The number of aliphatic hydroxyl groups excluding tert-OH is 2. The highest BCUT2D eigenvalue weighted by atomic mass is 16.5. The second-order valence-corrected chi connectivity index (χ2v) is 25.6. The van der Waals surface area contributed by atoms with E-state index in [0.29, 0.717) is 19.4 Å². The Morgan fingerprint density at radius 2 is 0.610 bits per heavy atom. The number of nitrogens with one attached hydrogen (secondary N) is 1. The van der Waals surface area contributed by atoms with Gasteiger partial charge in [-0.1, -0.05) is 371 Å². The van der Waals surface area contributed by atoms with E-state index in [4.69, 9.17) is 4.74 Å². The van der Waals surface area contributed by atoms with E-state index in [1.807, 2.05) is 6.08 Å². The summed E-state index contributed by atoms with van der Waals surface area (Å²) in [6.45, 7) is 4.94. The molecule has 0 spiro atoms. The fourth-order valence-corrected chi connectivity index (χ4v) is 11.7. The Hall–Kier alpha value is -1.92. The largest absolute Gasteiger partial charge is 0.466 e. The quantitative estimate of drug-likeness (QED) is 0.0320. The third-order valence-corrected chi connectivity index (χ3v) is 17.4. The molecule has 0 aliphatic heterocycles. The summed E-state index contributed by atoms with van der Waals surface area (Å²) in [6, 6.07) is -0.638. The SMILES string of the molecule is CCCCCCCCCCCCCCCCCCCCCCCC/C=C/C(O)C(CO)NC(=O)CCCCCCCCC/C=C\C/C=C\CCCCCCCCCCCOC(=O)CCCCCCCCCCCCCCCCCCCC. The fraction of sp³-hybridized carbons (Fsp3) is 0.895. The predicted molar refractivity (Wildman–Crippen MR) is 361 cm³/mol. The first-order valence-electron chi connectivity index (χ1n) is 37.3. The lowest BCUT2D eigenvalue weighted by Gasteiger charge is -2.20. The summed E-state index contributed by atoms with van der Waals surface area (Å²) < 4.78 is 5.50. The molecule has 0 heterocycles. The lowest BCUT2D eigenvalue weighted by molar-refractivity contribution is -0.143. The van der Waals surface area contributed by atoms with E-state index >= 15 is 0 Å². The van der Waals surface area contributed by atoms with Crippen molar-refractivity contribution < 1.29 is 24.5 Å². The van der Waals surface area contributed by atoms with E-state index in [1.165, 1.54) is 327 Å². The number of amides is 1. The zero-order valence-electron chi connectivity index (χ0n) is 55.5. The van der Waals surface area contributed by atoms with Crippen LogP contribution >= 0.6 is 0 Å². The zero-order chi connectivity index (χ0) is 59.2. The number of carbonyl (C=O) groups is 2. The van der Waals surface area contributed by atoms with Crippen molar-refractivity contribution in [2.75, 3.05) is 13.2 Å². The third kappa shape index (κ3) is 67.2. The molecule has 0 saturated heterocycles. The van der Waals surface area contributed by atoms with E-state index in [1.54, 1.807) is 6.08 Å². The van der Waals surface area contributed by atoms with Crippen molar-refractivity contribution in [1.29, 1.82) is 0 Å². The Bertz CT molecular complexity index is 1330. The van der Waals surface area contributed by atoms with Crippen molar-refractivity contribution in [3.05, 3.63) is 36.5 Å². The summed E-state index contributed by atoms with van der Waals surface area (Å²) in [5.74, 6) is -0.0625. The minimum Gasteiger partial charge on any atom is -0.466 e. The van der Waals surface area contributed by atoms with Crippen LogP contribution in [0.4, 0.5) is 0 Å². The molecular weight excluding hydrogens is 1010 g/mol. The molecule has 2 atom stereocenters. The molecule has 82 heavy (non-hydrogen) atoms. The predicted octanol–water partition coefficient (Wildman–Crippen LogP) is 24.3. The Morgan fingerprint density at radius 3 is 0.927 bits per heavy atom. The van der Waals surface area contributed by atoms with Gasteiger partial charge in [-0.25, -0.2) is 0 Å². The number of esters is 1. The fourth-order valence-electron chi connectivity index (χ4n) is 11.7. The molecule has 0 aliphatic rings. The Labute approximate surface area is 513 Å². The minimum atomic E-state index is -0.853. The number of carbonyl (C=O) groups excluding carboxylic acids is 2. The second-order valence-electron chi connectivity index (χ2n) is 25.6. The van der Waals surface area contributed by atoms with Crippen LogP contribution in [0.3, 0.4) is 0 Å². The molecule has 6 nitrogen and oxygen atoms in total. The average molecular weight is 1150 g/mol. The van der Waals surface area contributed by atoms with Gasteiger partial charge in [0.15, 0.2) is 0 Å². The molecule has 0 aromatic carbocycles. The standard InChI is InChI=1S/C76H145NO5/c1-3-5-7-9-11-13-15-17-19-21-23-24-25-27-30-33-36-40-44-48-52-56-60-64-68-74(79)73(72-78)77-75(80)69-65-61-57-53-49-45-41-37-34-31-28-26-29-32-35-39-43-47-51-55-59-63-67-71-82-76(81)70-66-62-58-54-50-46-42-38-22-20-18-16-14-12-10-8-6-4-2/h26,29,31,34,64,68,73-74,78-79H,3-25,27-28,30,32-33,35-63,65-67,69-72H2,1-2H3,(H,77,80)/b29-26-,34-31-,68-64+. The highest BCUT2D eigenvalue weighted by Crippen LogP contribution is 2.19. The van der Waals surface area contributed by atoms with Crippen LogP contribution in [0.5, 0.6) is 0 Å². The van der Waals surface area contributed by atoms with E-state index in [-0.39, 0.29) is 18.5 Å². The van der Waals surface area contributed by atoms with Crippen molar-refractivity contribution in [3.63, 3.8) is 0 Å². The van der Waals surface area contributed by atoms with Gasteiger partial charge in [-0.3, -0.25) is 9.59 Å². The van der Waals surface area contributed by atoms with Crippen LogP contribution in [-0.2, 0) is 14.3 Å². The summed E-state index contributed by atoms with van der Waals surface area (Å²) >= 11 is 0. The molecule has 0 rings (SSSR count). The maximum Gasteiger partial charge on any atom is 0.305 e. The lowest BCUT2D eigenvalue weighted by atomic mass is 10.0. The van der Waals surface area contributed by atoms with E-state index in [0.717, 1.165) is 57.8 Å². The zero-order valence-corrected chi connectivity index (χ0v) is 55.5. The Morgan fingerprint density at radius 1 is 0.341 bits per heavy atom. The van der Waals surface area contributed by atoms with Gasteiger partial charge in [0.05, 0.1) is 25.4 Å². The van der Waals surface area contributed by atoms with Crippen LogP contribution in [0.25, 0.3) is 0 Å². The molecule has 6 heteroatoms. The molecular formula is C76H145NO5. The first-order valence-corrected chi connectivity index (χ1v) is 37.3. The minimum absolute atomic E-state index is 0.0117. The van der Waals surface area contributed by atoms with Crippen molar-refractivity contribution in [3.8, 4) is 0 Å². The number of aliphatic hydroxyl groups is 2. The second kappa shape index (κ2) is 71.6. The summed E-state index contributed by atoms with van der Waals surface area (Å²) in [5.41, 5.74) is 0. The molecule has 0 saturated carbocycles. The number of hydrogen-bond acceptors (Lipinski definition) is 5. The van der Waals surface area contributed by atoms with Gasteiger partial charge in [0.25, 0.3) is 0 Å². The normalized spacial score (nSPS) is 12.7. The summed E-state index contributed by atoms with van der Waals surface area (Å²) in [6.07, 6.45) is 92.3. The van der Waals surface area contributed by atoms with Crippen LogP contribution < -0.4 is 5.32 Å². The maximum absolute atomic E-state index is 12.5. The summed E-state index contributed by atoms with van der Waals surface area (Å²) in [7, 11) is 0. The van der Waals surface area contributed by atoms with Crippen LogP contribution in [0.15, 0.2) is 36.5 Å². The molecule has 0 bridgehead atoms. The average Bonchev–Trinajstić information content (AvgIpc) is 3.48. The van der Waals surface area contributed by atoms with Crippen LogP contribution in [-0.4, -0.2) is 47.4 Å². The van der Waals surface area contributed by atoms with Crippen LogP contribution in [0.1, 0.15) is 412 Å². The molecule has 484 valence electrons. The lowest BCUT2D eigenvalue weighted by Crippen LogP contribution is -2.45. The van der Waals surface area contributed by atoms with Gasteiger partial charge in [0.1, 0.15) is 0 Å². The monoisotopic (exact) mass is 1150 g/mol. The van der Waals surface area contributed by atoms with Gasteiger partial charge in [0, 0.05) is 12.8 Å². The molecule has 0 fully saturated rings. The molecule has 3 N–H and O–H groups in total. The molecule has 0 radical (unpaired) electrons. The van der Waals surface area contributed by atoms with Crippen LogP contribution in [0.2, 0.25) is 0 Å². The highest BCUT2D eigenvalue weighted by molar-refractivity contribution is 5.76.